The van der Waals surface area contributed by atoms with Crippen molar-refractivity contribution >= 4 is 42.5 Å². The van der Waals surface area contributed by atoms with Gasteiger partial charge in [-0.25, -0.2) is 19.9 Å². The van der Waals surface area contributed by atoms with Gasteiger partial charge in [0.2, 0.25) is 0 Å². The van der Waals surface area contributed by atoms with E-state index >= 15 is 0 Å². The average Bonchev–Trinajstić information content (AvgIpc) is 3.71. The summed E-state index contributed by atoms with van der Waals surface area (Å²) in [6.45, 7) is 0. The Morgan fingerprint density at radius 1 is 0.435 bits per heavy atom. The molecule has 6 heteroatoms. The number of fused-ring (bicyclic) bond motifs is 4. The van der Waals surface area contributed by atoms with Gasteiger partial charge in [0.15, 0.2) is 17.5 Å². The van der Waals surface area contributed by atoms with Gasteiger partial charge in [-0.3, -0.25) is 4.57 Å². The quantitative estimate of drug-likeness (QED) is 0.195. The zero-order valence-electron chi connectivity index (χ0n) is 24.6. The molecular weight excluding hydrogens is 583 g/mol. The second kappa shape index (κ2) is 10.9. The molecule has 9 rings (SSSR count). The molecule has 3 aromatic heterocycles. The van der Waals surface area contributed by atoms with Crippen molar-refractivity contribution in [2.45, 2.75) is 0 Å². The molecule has 46 heavy (non-hydrogen) atoms. The fourth-order valence-electron chi connectivity index (χ4n) is 6.12. The van der Waals surface area contributed by atoms with Crippen LogP contribution in [0, 0.1) is 0 Å². The molecule has 0 saturated carbocycles. The van der Waals surface area contributed by atoms with E-state index in [0.29, 0.717) is 17.5 Å². The zero-order chi connectivity index (χ0) is 30.5. The number of hydrogen-bond donors (Lipinski definition) is 0. The van der Waals surface area contributed by atoms with Crippen molar-refractivity contribution in [1.29, 1.82) is 0 Å². The van der Waals surface area contributed by atoms with Crippen LogP contribution in [0.25, 0.3) is 82.4 Å². The van der Waals surface area contributed by atoms with Crippen molar-refractivity contribution in [3.8, 4) is 51.2 Å². The van der Waals surface area contributed by atoms with Gasteiger partial charge in [-0.2, -0.15) is 0 Å². The van der Waals surface area contributed by atoms with E-state index < -0.39 is 0 Å². The minimum atomic E-state index is 0.643. The summed E-state index contributed by atoms with van der Waals surface area (Å²) in [7, 11) is 0. The van der Waals surface area contributed by atoms with Crippen LogP contribution in [0.5, 0.6) is 0 Å². The summed E-state index contributed by atoms with van der Waals surface area (Å²) in [5.41, 5.74) is 7.05. The first-order chi connectivity index (χ1) is 22.8. The zero-order valence-corrected chi connectivity index (χ0v) is 25.4. The van der Waals surface area contributed by atoms with Gasteiger partial charge >= 0.3 is 0 Å². The largest absolute Gasteiger partial charge is 0.292 e. The van der Waals surface area contributed by atoms with Crippen LogP contribution < -0.4 is 0 Å². The predicted molar refractivity (Wildman–Crippen MR) is 189 cm³/mol. The summed E-state index contributed by atoms with van der Waals surface area (Å²) in [5.74, 6) is 2.86. The van der Waals surface area contributed by atoms with Crippen molar-refractivity contribution in [2.24, 2.45) is 0 Å². The predicted octanol–water partition coefficient (Wildman–Crippen LogP) is 10.2. The van der Waals surface area contributed by atoms with Crippen LogP contribution in [0.1, 0.15) is 0 Å². The molecule has 0 amide bonds. The molecule has 0 aliphatic carbocycles. The van der Waals surface area contributed by atoms with Gasteiger partial charge in [-0.15, -0.1) is 11.3 Å². The lowest BCUT2D eigenvalue weighted by Crippen LogP contribution is -2.00. The third-order valence-corrected chi connectivity index (χ3v) is 9.40. The van der Waals surface area contributed by atoms with Crippen molar-refractivity contribution in [2.75, 3.05) is 0 Å². The Morgan fingerprint density at radius 2 is 1.02 bits per heavy atom. The van der Waals surface area contributed by atoms with Gasteiger partial charge in [0.25, 0.3) is 0 Å². The number of benzene rings is 6. The standard InChI is InChI=1S/C40H25N5S/c1-4-13-26(14-5-1)37-42-38(27-15-6-2-7-16-27)44-39(43-37)29-23-24-34-30(25-29)36-33(21-12-22-35(36)46-34)45-32-20-11-10-19-31(32)41-40(45)28-17-8-3-9-18-28/h1-25H. The lowest BCUT2D eigenvalue weighted by Gasteiger charge is -2.12. The van der Waals surface area contributed by atoms with E-state index in [0.717, 1.165) is 50.2 Å². The Labute approximate surface area is 269 Å². The minimum Gasteiger partial charge on any atom is -0.292 e. The first-order valence-electron chi connectivity index (χ1n) is 15.2. The van der Waals surface area contributed by atoms with E-state index in [1.54, 1.807) is 11.3 Å². The van der Waals surface area contributed by atoms with E-state index in [1.807, 2.05) is 72.8 Å². The highest BCUT2D eigenvalue weighted by atomic mass is 32.1. The van der Waals surface area contributed by atoms with E-state index in [1.165, 1.54) is 14.8 Å². The Kier molecular flexibility index (Phi) is 6.25. The molecule has 0 N–H and O–H groups in total. The number of nitrogens with zero attached hydrogens (tertiary/aromatic N) is 5. The van der Waals surface area contributed by atoms with Gasteiger partial charge in [-0.05, 0) is 42.5 Å². The first-order valence-corrected chi connectivity index (χ1v) is 16.0. The topological polar surface area (TPSA) is 56.5 Å². The van der Waals surface area contributed by atoms with E-state index in [4.69, 9.17) is 19.9 Å². The molecule has 5 nitrogen and oxygen atoms in total. The number of para-hydroxylation sites is 2. The fraction of sp³-hybridized carbons (Fsp3) is 0. The van der Waals surface area contributed by atoms with Crippen LogP contribution in [0.4, 0.5) is 0 Å². The van der Waals surface area contributed by atoms with Gasteiger partial charge in [0.05, 0.1) is 16.7 Å². The third kappa shape index (κ3) is 4.47. The minimum absolute atomic E-state index is 0.643. The van der Waals surface area contributed by atoms with Crippen molar-refractivity contribution in [3.63, 3.8) is 0 Å². The highest BCUT2D eigenvalue weighted by molar-refractivity contribution is 7.25. The second-order valence-corrected chi connectivity index (χ2v) is 12.2. The number of imidazole rings is 1. The molecular formula is C40H25N5S. The Balaban J connectivity index is 1.29. The fourth-order valence-corrected chi connectivity index (χ4v) is 7.23. The molecule has 216 valence electrons. The molecule has 0 atom stereocenters. The summed E-state index contributed by atoms with van der Waals surface area (Å²) in [6, 6.07) is 52.0. The average molecular weight is 608 g/mol. The summed E-state index contributed by atoms with van der Waals surface area (Å²) < 4.78 is 4.72. The van der Waals surface area contributed by atoms with Gasteiger partial charge in [0.1, 0.15) is 5.82 Å². The van der Waals surface area contributed by atoms with Crippen LogP contribution >= 0.6 is 11.3 Å². The number of aromatic nitrogens is 5. The molecule has 9 aromatic rings. The Hall–Kier alpha value is -5.98. The summed E-state index contributed by atoms with van der Waals surface area (Å²) >= 11 is 1.80. The summed E-state index contributed by atoms with van der Waals surface area (Å²) in [6.07, 6.45) is 0. The third-order valence-electron chi connectivity index (χ3n) is 8.26. The molecule has 0 aliphatic rings. The second-order valence-electron chi connectivity index (χ2n) is 11.1. The van der Waals surface area contributed by atoms with Crippen molar-refractivity contribution < 1.29 is 0 Å². The molecule has 0 fully saturated rings. The molecule has 0 bridgehead atoms. The van der Waals surface area contributed by atoms with Gasteiger partial charge < -0.3 is 0 Å². The highest BCUT2D eigenvalue weighted by Gasteiger charge is 2.19. The maximum atomic E-state index is 5.11. The first kappa shape index (κ1) is 26.4. The van der Waals surface area contributed by atoms with Crippen LogP contribution in [0.2, 0.25) is 0 Å². The lowest BCUT2D eigenvalue weighted by atomic mass is 10.1. The normalized spacial score (nSPS) is 11.5. The van der Waals surface area contributed by atoms with Crippen molar-refractivity contribution in [1.82, 2.24) is 24.5 Å². The molecule has 3 heterocycles. The monoisotopic (exact) mass is 607 g/mol. The van der Waals surface area contributed by atoms with Crippen molar-refractivity contribution in [3.05, 3.63) is 152 Å². The number of thiophene rings is 1. The van der Waals surface area contributed by atoms with E-state index in [9.17, 15) is 0 Å². The molecule has 0 aliphatic heterocycles. The van der Waals surface area contributed by atoms with Crippen LogP contribution in [-0.4, -0.2) is 24.5 Å². The van der Waals surface area contributed by atoms with E-state index in [2.05, 4.69) is 83.4 Å². The molecule has 6 aromatic carbocycles. The summed E-state index contributed by atoms with van der Waals surface area (Å²) in [4.78, 5) is 20.0. The molecule has 0 spiro atoms. The van der Waals surface area contributed by atoms with Gasteiger partial charge in [-0.1, -0.05) is 109 Å². The molecule has 0 radical (unpaired) electrons. The Morgan fingerprint density at radius 3 is 1.70 bits per heavy atom. The molecule has 0 unspecified atom stereocenters. The van der Waals surface area contributed by atoms with Crippen LogP contribution in [0.15, 0.2) is 152 Å². The van der Waals surface area contributed by atoms with Gasteiger partial charge in [0, 0.05) is 42.4 Å². The maximum absolute atomic E-state index is 5.11. The SMILES string of the molecule is c1ccc(-c2nc(-c3ccccc3)nc(-c3ccc4sc5cccc(-n6c(-c7ccccc7)nc7ccccc76)c5c4c3)n2)cc1. The smallest absolute Gasteiger partial charge is 0.164 e. The Bertz CT molecular complexity index is 2460. The maximum Gasteiger partial charge on any atom is 0.164 e. The number of rotatable bonds is 5. The van der Waals surface area contributed by atoms with Crippen LogP contribution in [0.3, 0.4) is 0 Å². The summed E-state index contributed by atoms with van der Waals surface area (Å²) in [5, 5.41) is 2.35. The number of hydrogen-bond acceptors (Lipinski definition) is 5. The van der Waals surface area contributed by atoms with Crippen LogP contribution in [-0.2, 0) is 0 Å². The highest BCUT2D eigenvalue weighted by Crippen LogP contribution is 2.41. The lowest BCUT2D eigenvalue weighted by molar-refractivity contribution is 1.07. The molecule has 0 saturated heterocycles. The van der Waals surface area contributed by atoms with E-state index in [-0.39, 0.29) is 0 Å².